The highest BCUT2D eigenvalue weighted by atomic mass is 19.1. The van der Waals surface area contributed by atoms with Gasteiger partial charge in [-0.2, -0.15) is 0 Å². The molecule has 126 valence electrons. The van der Waals surface area contributed by atoms with Crippen molar-refractivity contribution in [1.82, 2.24) is 10.1 Å². The van der Waals surface area contributed by atoms with Crippen LogP contribution in [0.4, 0.5) is 4.39 Å². The number of benzene rings is 1. The SMILES string of the molecule is NC(=O)C[C@H]1CCCCN1C(=O)c1cc(-c2ccccc2F)on1. The van der Waals surface area contributed by atoms with E-state index in [1.807, 2.05) is 0 Å². The molecule has 2 heterocycles. The van der Waals surface area contributed by atoms with Crippen molar-refractivity contribution < 1.29 is 18.5 Å². The summed E-state index contributed by atoms with van der Waals surface area (Å²) in [5.41, 5.74) is 5.62. The zero-order chi connectivity index (χ0) is 17.1. The van der Waals surface area contributed by atoms with Crippen molar-refractivity contribution in [3.05, 3.63) is 41.8 Å². The fourth-order valence-corrected chi connectivity index (χ4v) is 3.02. The van der Waals surface area contributed by atoms with Crippen LogP contribution in [0.25, 0.3) is 11.3 Å². The molecular formula is C17H18FN3O3. The maximum absolute atomic E-state index is 13.8. The lowest BCUT2D eigenvalue weighted by molar-refractivity contribution is -0.119. The molecule has 0 spiro atoms. The van der Waals surface area contributed by atoms with E-state index in [0.29, 0.717) is 6.54 Å². The monoisotopic (exact) mass is 331 g/mol. The topological polar surface area (TPSA) is 89.4 Å². The predicted molar refractivity (Wildman–Crippen MR) is 84.4 cm³/mol. The molecule has 1 atom stereocenters. The van der Waals surface area contributed by atoms with Crippen LogP contribution in [0.5, 0.6) is 0 Å². The summed E-state index contributed by atoms with van der Waals surface area (Å²) in [5.74, 6) is -1.02. The van der Waals surface area contributed by atoms with Gasteiger partial charge in [0.15, 0.2) is 11.5 Å². The molecule has 24 heavy (non-hydrogen) atoms. The molecule has 0 bridgehead atoms. The molecule has 0 aliphatic carbocycles. The van der Waals surface area contributed by atoms with Gasteiger partial charge < -0.3 is 15.2 Å². The van der Waals surface area contributed by atoms with Crippen LogP contribution in [0.1, 0.15) is 36.2 Å². The number of primary amides is 1. The normalized spacial score (nSPS) is 17.7. The average Bonchev–Trinajstić information content (AvgIpc) is 3.04. The summed E-state index contributed by atoms with van der Waals surface area (Å²) in [6, 6.07) is 7.32. The third-order valence-corrected chi connectivity index (χ3v) is 4.19. The van der Waals surface area contributed by atoms with Gasteiger partial charge in [-0.25, -0.2) is 4.39 Å². The number of hydrogen-bond acceptors (Lipinski definition) is 4. The van der Waals surface area contributed by atoms with E-state index in [9.17, 15) is 14.0 Å². The zero-order valence-electron chi connectivity index (χ0n) is 13.1. The Hall–Kier alpha value is -2.70. The van der Waals surface area contributed by atoms with Crippen molar-refractivity contribution in [2.75, 3.05) is 6.54 Å². The van der Waals surface area contributed by atoms with E-state index in [-0.39, 0.29) is 35.4 Å². The van der Waals surface area contributed by atoms with E-state index < -0.39 is 11.7 Å². The largest absolute Gasteiger partial charge is 0.370 e. The highest BCUT2D eigenvalue weighted by Crippen LogP contribution is 2.26. The van der Waals surface area contributed by atoms with Crippen molar-refractivity contribution in [3.63, 3.8) is 0 Å². The number of carbonyl (C=O) groups is 2. The Morgan fingerprint density at radius 1 is 1.33 bits per heavy atom. The van der Waals surface area contributed by atoms with E-state index in [2.05, 4.69) is 5.16 Å². The summed E-state index contributed by atoms with van der Waals surface area (Å²) in [5, 5.41) is 3.77. The fraction of sp³-hybridized carbons (Fsp3) is 0.353. The Bertz CT molecular complexity index is 759. The Morgan fingerprint density at radius 2 is 2.12 bits per heavy atom. The van der Waals surface area contributed by atoms with Crippen molar-refractivity contribution in [2.24, 2.45) is 5.73 Å². The second-order valence-electron chi connectivity index (χ2n) is 5.87. The summed E-state index contributed by atoms with van der Waals surface area (Å²) in [4.78, 5) is 25.5. The first-order valence-corrected chi connectivity index (χ1v) is 7.87. The number of aromatic nitrogens is 1. The first-order chi connectivity index (χ1) is 11.6. The molecule has 1 aromatic heterocycles. The summed E-state index contributed by atoms with van der Waals surface area (Å²) < 4.78 is 18.9. The minimum Gasteiger partial charge on any atom is -0.370 e. The van der Waals surface area contributed by atoms with Gasteiger partial charge in [0.05, 0.1) is 5.56 Å². The van der Waals surface area contributed by atoms with Crippen LogP contribution in [0.15, 0.2) is 34.9 Å². The number of nitrogens with two attached hydrogens (primary N) is 1. The van der Waals surface area contributed by atoms with E-state index in [4.69, 9.17) is 10.3 Å². The van der Waals surface area contributed by atoms with E-state index in [1.54, 1.807) is 23.1 Å². The molecule has 1 aliphatic heterocycles. The van der Waals surface area contributed by atoms with Gasteiger partial charge in [0.2, 0.25) is 5.91 Å². The first-order valence-electron chi connectivity index (χ1n) is 7.87. The minimum absolute atomic E-state index is 0.102. The molecule has 2 aromatic rings. The van der Waals surface area contributed by atoms with Crippen LogP contribution in [-0.2, 0) is 4.79 Å². The van der Waals surface area contributed by atoms with Gasteiger partial charge in [-0.3, -0.25) is 9.59 Å². The lowest BCUT2D eigenvalue weighted by atomic mass is 9.98. The molecule has 1 aliphatic rings. The molecule has 3 rings (SSSR count). The summed E-state index contributed by atoms with van der Waals surface area (Å²) in [6.45, 7) is 0.540. The minimum atomic E-state index is -0.447. The van der Waals surface area contributed by atoms with Crippen LogP contribution in [-0.4, -0.2) is 34.5 Å². The van der Waals surface area contributed by atoms with Gasteiger partial charge in [-0.15, -0.1) is 0 Å². The van der Waals surface area contributed by atoms with Gasteiger partial charge in [0, 0.05) is 25.1 Å². The zero-order valence-corrected chi connectivity index (χ0v) is 13.1. The quantitative estimate of drug-likeness (QED) is 0.931. The van der Waals surface area contributed by atoms with Gasteiger partial charge in [0.25, 0.3) is 5.91 Å². The molecule has 0 saturated carbocycles. The molecule has 6 nitrogen and oxygen atoms in total. The van der Waals surface area contributed by atoms with Gasteiger partial charge in [0.1, 0.15) is 5.82 Å². The van der Waals surface area contributed by atoms with Crippen molar-refractivity contribution in [2.45, 2.75) is 31.7 Å². The highest BCUT2D eigenvalue weighted by Gasteiger charge is 2.30. The van der Waals surface area contributed by atoms with Crippen molar-refractivity contribution in [1.29, 1.82) is 0 Å². The number of likely N-dealkylation sites (tertiary alicyclic amines) is 1. The Balaban J connectivity index is 1.82. The van der Waals surface area contributed by atoms with Gasteiger partial charge >= 0.3 is 0 Å². The van der Waals surface area contributed by atoms with Crippen LogP contribution < -0.4 is 5.73 Å². The van der Waals surface area contributed by atoms with E-state index in [0.717, 1.165) is 19.3 Å². The van der Waals surface area contributed by atoms with Gasteiger partial charge in [-0.1, -0.05) is 17.3 Å². The third kappa shape index (κ3) is 3.29. The second kappa shape index (κ2) is 6.82. The molecule has 2 N–H and O–H groups in total. The van der Waals surface area contributed by atoms with E-state index in [1.165, 1.54) is 12.1 Å². The lowest BCUT2D eigenvalue weighted by Gasteiger charge is -2.34. The smallest absolute Gasteiger partial charge is 0.276 e. The molecule has 1 fully saturated rings. The Morgan fingerprint density at radius 3 is 2.88 bits per heavy atom. The van der Waals surface area contributed by atoms with Crippen LogP contribution in [0, 0.1) is 5.82 Å². The maximum Gasteiger partial charge on any atom is 0.276 e. The lowest BCUT2D eigenvalue weighted by Crippen LogP contribution is -2.45. The molecule has 0 radical (unpaired) electrons. The van der Waals surface area contributed by atoms with Crippen LogP contribution >= 0.6 is 0 Å². The Labute approximate surface area is 138 Å². The van der Waals surface area contributed by atoms with Crippen LogP contribution in [0.3, 0.4) is 0 Å². The predicted octanol–water partition coefficient (Wildman–Crippen LogP) is 2.35. The molecule has 1 saturated heterocycles. The number of halogens is 1. The van der Waals surface area contributed by atoms with Gasteiger partial charge in [-0.05, 0) is 31.4 Å². The van der Waals surface area contributed by atoms with E-state index >= 15 is 0 Å². The van der Waals surface area contributed by atoms with Crippen molar-refractivity contribution >= 4 is 11.8 Å². The molecule has 0 unspecified atom stereocenters. The summed E-state index contributed by atoms with van der Waals surface area (Å²) in [6.07, 6.45) is 2.66. The van der Waals surface area contributed by atoms with Crippen LogP contribution in [0.2, 0.25) is 0 Å². The number of nitrogens with zero attached hydrogens (tertiary/aromatic N) is 2. The Kier molecular flexibility index (Phi) is 4.59. The first kappa shape index (κ1) is 16.2. The third-order valence-electron chi connectivity index (χ3n) is 4.19. The number of rotatable bonds is 4. The number of carbonyl (C=O) groups excluding carboxylic acids is 2. The van der Waals surface area contributed by atoms with Crippen molar-refractivity contribution in [3.8, 4) is 11.3 Å². The summed E-state index contributed by atoms with van der Waals surface area (Å²) in [7, 11) is 0. The number of hydrogen-bond donors (Lipinski definition) is 1. The second-order valence-corrected chi connectivity index (χ2v) is 5.87. The summed E-state index contributed by atoms with van der Waals surface area (Å²) >= 11 is 0. The molecule has 7 heteroatoms. The average molecular weight is 331 g/mol. The highest BCUT2D eigenvalue weighted by molar-refractivity contribution is 5.93. The number of amides is 2. The molecule has 1 aromatic carbocycles. The number of piperidine rings is 1. The maximum atomic E-state index is 13.8. The fourth-order valence-electron chi connectivity index (χ4n) is 3.02. The standard InChI is InChI=1S/C17H18FN3O3/c18-13-7-2-1-6-12(13)15-10-14(20-24-15)17(23)21-8-4-3-5-11(21)9-16(19)22/h1-2,6-7,10-11H,3-5,8-9H2,(H2,19,22)/t11-/m1/s1. The molecular weight excluding hydrogens is 313 g/mol. The molecule has 2 amide bonds.